The van der Waals surface area contributed by atoms with Gasteiger partial charge in [0.1, 0.15) is 17.1 Å². The van der Waals surface area contributed by atoms with E-state index in [1.54, 1.807) is 30.0 Å². The van der Waals surface area contributed by atoms with Crippen LogP contribution < -0.4 is 0 Å². The van der Waals surface area contributed by atoms with Gasteiger partial charge in [-0.25, -0.2) is 4.79 Å². The summed E-state index contributed by atoms with van der Waals surface area (Å²) in [5.74, 6) is -0.0645. The van der Waals surface area contributed by atoms with Gasteiger partial charge in [0.05, 0.1) is 0 Å². The van der Waals surface area contributed by atoms with E-state index in [0.29, 0.717) is 28.9 Å². The monoisotopic (exact) mass is 292 g/mol. The number of fused-ring (bicyclic) bond motifs is 1. The van der Waals surface area contributed by atoms with Crippen molar-refractivity contribution in [1.82, 2.24) is 20.3 Å². The Bertz CT molecular complexity index is 672. The smallest absolute Gasteiger partial charge is 0.327 e. The number of rotatable bonds is 2. The highest BCUT2D eigenvalue weighted by Gasteiger charge is 2.32. The molecule has 0 spiro atoms. The number of hydrogen-bond donors (Lipinski definition) is 2. The third kappa shape index (κ3) is 2.22. The van der Waals surface area contributed by atoms with E-state index in [2.05, 4.69) is 15.4 Å². The summed E-state index contributed by atoms with van der Waals surface area (Å²) in [6.07, 6.45) is 0. The fourth-order valence-corrected chi connectivity index (χ4v) is 3.23. The van der Waals surface area contributed by atoms with Crippen molar-refractivity contribution in [2.24, 2.45) is 0 Å². The number of nitrogens with one attached hydrogen (secondary N) is 1. The quantitative estimate of drug-likeness (QED) is 0.841. The van der Waals surface area contributed by atoms with E-state index in [9.17, 15) is 14.7 Å². The van der Waals surface area contributed by atoms with E-state index in [1.165, 1.54) is 4.90 Å². The van der Waals surface area contributed by atoms with Gasteiger partial charge in [-0.05, 0) is 18.2 Å². The summed E-state index contributed by atoms with van der Waals surface area (Å²) in [5.41, 5.74) is 1.70. The molecule has 8 heteroatoms. The van der Waals surface area contributed by atoms with Crippen LogP contribution in [0.2, 0.25) is 0 Å². The fraction of sp³-hybridized carbons (Fsp3) is 0.333. The number of aliphatic carboxylic acids is 1. The van der Waals surface area contributed by atoms with Gasteiger partial charge in [0, 0.05) is 23.6 Å². The van der Waals surface area contributed by atoms with Gasteiger partial charge in [0.2, 0.25) is 0 Å². The molecule has 1 aromatic carbocycles. The van der Waals surface area contributed by atoms with Crippen molar-refractivity contribution in [3.63, 3.8) is 0 Å². The summed E-state index contributed by atoms with van der Waals surface area (Å²) in [7, 11) is 0. The summed E-state index contributed by atoms with van der Waals surface area (Å²) in [5, 5.41) is 19.5. The van der Waals surface area contributed by atoms with Crippen molar-refractivity contribution < 1.29 is 14.7 Å². The van der Waals surface area contributed by atoms with Crippen LogP contribution in [0.1, 0.15) is 10.4 Å². The second-order valence-corrected chi connectivity index (χ2v) is 5.60. The van der Waals surface area contributed by atoms with Crippen molar-refractivity contribution >= 4 is 34.7 Å². The number of nitrogens with zero attached hydrogens (tertiary/aromatic N) is 3. The zero-order valence-corrected chi connectivity index (χ0v) is 11.3. The summed E-state index contributed by atoms with van der Waals surface area (Å²) < 4.78 is 0. The lowest BCUT2D eigenvalue weighted by molar-refractivity contribution is -0.141. The summed E-state index contributed by atoms with van der Waals surface area (Å²) in [6.45, 7) is 0.442. The first-order chi connectivity index (χ1) is 9.66. The molecular formula is C12H12N4O3S. The Labute approximate surface area is 118 Å². The van der Waals surface area contributed by atoms with Crippen LogP contribution in [0.3, 0.4) is 0 Å². The van der Waals surface area contributed by atoms with E-state index >= 15 is 0 Å². The lowest BCUT2D eigenvalue weighted by Gasteiger charge is -2.32. The van der Waals surface area contributed by atoms with Gasteiger partial charge < -0.3 is 10.0 Å². The van der Waals surface area contributed by atoms with Gasteiger partial charge in [0.15, 0.2) is 0 Å². The molecule has 20 heavy (non-hydrogen) atoms. The van der Waals surface area contributed by atoms with Crippen LogP contribution in [0.4, 0.5) is 0 Å². The van der Waals surface area contributed by atoms with Crippen LogP contribution >= 0.6 is 11.8 Å². The Balaban J connectivity index is 1.91. The van der Waals surface area contributed by atoms with Gasteiger partial charge >= 0.3 is 5.97 Å². The molecule has 3 rings (SSSR count). The number of amides is 1. The van der Waals surface area contributed by atoms with Crippen molar-refractivity contribution in [1.29, 1.82) is 0 Å². The Kier molecular flexibility index (Phi) is 3.31. The number of thioether (sulfide) groups is 1. The van der Waals surface area contributed by atoms with Crippen LogP contribution in [0.5, 0.6) is 0 Å². The van der Waals surface area contributed by atoms with Crippen molar-refractivity contribution in [2.45, 2.75) is 6.04 Å². The number of aromatic amines is 1. The van der Waals surface area contributed by atoms with Gasteiger partial charge in [-0.15, -0.1) is 0 Å². The zero-order valence-electron chi connectivity index (χ0n) is 10.4. The van der Waals surface area contributed by atoms with Gasteiger partial charge in [-0.1, -0.05) is 0 Å². The third-order valence-electron chi connectivity index (χ3n) is 3.24. The van der Waals surface area contributed by atoms with Crippen LogP contribution in [0.15, 0.2) is 18.2 Å². The number of carbonyl (C=O) groups is 2. The largest absolute Gasteiger partial charge is 0.480 e. The van der Waals surface area contributed by atoms with Crippen LogP contribution in [-0.4, -0.2) is 61.4 Å². The highest BCUT2D eigenvalue weighted by molar-refractivity contribution is 7.99. The first-order valence-electron chi connectivity index (χ1n) is 6.09. The van der Waals surface area contributed by atoms with E-state index in [-0.39, 0.29) is 5.91 Å². The maximum Gasteiger partial charge on any atom is 0.327 e. The minimum atomic E-state index is -0.965. The Hall–Kier alpha value is -2.09. The molecular weight excluding hydrogens is 280 g/mol. The first-order valence-corrected chi connectivity index (χ1v) is 7.24. The Morgan fingerprint density at radius 3 is 2.95 bits per heavy atom. The normalized spacial score (nSPS) is 19.2. The molecule has 0 saturated carbocycles. The zero-order chi connectivity index (χ0) is 14.1. The molecule has 1 unspecified atom stereocenters. The van der Waals surface area contributed by atoms with E-state index in [4.69, 9.17) is 0 Å². The number of carboxylic acids is 1. The predicted octanol–water partition coefficient (Wildman–Crippen LogP) is 0.600. The first kappa shape index (κ1) is 12.9. The average molecular weight is 292 g/mol. The van der Waals surface area contributed by atoms with Crippen LogP contribution in [0, 0.1) is 0 Å². The number of aromatic nitrogens is 3. The van der Waals surface area contributed by atoms with Gasteiger partial charge in [-0.3, -0.25) is 4.79 Å². The number of carboxylic acid groups (broad SMARTS) is 1. The molecule has 2 heterocycles. The maximum absolute atomic E-state index is 12.5. The molecule has 0 aliphatic carbocycles. The molecule has 0 radical (unpaired) electrons. The molecule has 2 aromatic rings. The Morgan fingerprint density at radius 1 is 1.35 bits per heavy atom. The van der Waals surface area contributed by atoms with Crippen molar-refractivity contribution in [2.75, 3.05) is 18.1 Å². The molecule has 1 aliphatic rings. The number of benzene rings is 1. The predicted molar refractivity (Wildman–Crippen MR) is 73.7 cm³/mol. The van der Waals surface area contributed by atoms with E-state index in [0.717, 1.165) is 5.75 Å². The molecule has 1 aromatic heterocycles. The summed E-state index contributed by atoms with van der Waals surface area (Å²) in [6, 6.07) is 4.20. The minimum Gasteiger partial charge on any atom is -0.480 e. The number of carbonyl (C=O) groups excluding carboxylic acids is 1. The molecule has 1 fully saturated rings. The standard InChI is InChI=1S/C12H12N4O3S/c17-11(16-3-4-20-6-10(16)12(18)19)7-1-2-8-9(5-7)14-15-13-8/h1-2,5,10H,3-4,6H2,(H,18,19)(H,13,14,15). The molecule has 2 N–H and O–H groups in total. The molecule has 0 bridgehead atoms. The van der Waals surface area contributed by atoms with Crippen LogP contribution in [0.25, 0.3) is 11.0 Å². The highest BCUT2D eigenvalue weighted by atomic mass is 32.2. The SMILES string of the molecule is O=C(O)C1CSCCN1C(=O)c1ccc2n[nH]nc2c1. The molecule has 7 nitrogen and oxygen atoms in total. The van der Waals surface area contributed by atoms with Crippen molar-refractivity contribution in [3.05, 3.63) is 23.8 Å². The lowest BCUT2D eigenvalue weighted by atomic mass is 10.1. The molecule has 1 atom stereocenters. The number of hydrogen-bond acceptors (Lipinski definition) is 5. The van der Waals surface area contributed by atoms with Gasteiger partial charge in [-0.2, -0.15) is 27.2 Å². The summed E-state index contributed by atoms with van der Waals surface area (Å²) >= 11 is 1.55. The average Bonchev–Trinajstić information content (AvgIpc) is 2.93. The van der Waals surface area contributed by atoms with E-state index < -0.39 is 12.0 Å². The fourth-order valence-electron chi connectivity index (χ4n) is 2.19. The van der Waals surface area contributed by atoms with E-state index in [1.807, 2.05) is 0 Å². The maximum atomic E-state index is 12.5. The summed E-state index contributed by atoms with van der Waals surface area (Å²) in [4.78, 5) is 25.1. The van der Waals surface area contributed by atoms with Crippen molar-refractivity contribution in [3.8, 4) is 0 Å². The van der Waals surface area contributed by atoms with Crippen LogP contribution in [-0.2, 0) is 4.79 Å². The molecule has 104 valence electrons. The second-order valence-electron chi connectivity index (χ2n) is 4.45. The molecule has 1 amide bonds. The number of H-pyrrole nitrogens is 1. The lowest BCUT2D eigenvalue weighted by Crippen LogP contribution is -2.50. The highest BCUT2D eigenvalue weighted by Crippen LogP contribution is 2.20. The van der Waals surface area contributed by atoms with Gasteiger partial charge in [0.25, 0.3) is 5.91 Å². The second kappa shape index (κ2) is 5.12. The Morgan fingerprint density at radius 2 is 2.15 bits per heavy atom. The molecule has 1 saturated heterocycles. The third-order valence-corrected chi connectivity index (χ3v) is 4.26. The topological polar surface area (TPSA) is 99.2 Å². The molecule has 1 aliphatic heterocycles. The minimum absolute atomic E-state index is 0.275.